The summed E-state index contributed by atoms with van der Waals surface area (Å²) in [6.45, 7) is -1.13. The summed E-state index contributed by atoms with van der Waals surface area (Å²) in [6, 6.07) is 3.38. The van der Waals surface area contributed by atoms with Gasteiger partial charge in [-0.05, 0) is 50.4 Å². The highest BCUT2D eigenvalue weighted by Gasteiger charge is 2.15. The van der Waals surface area contributed by atoms with Gasteiger partial charge in [0.2, 0.25) is 5.91 Å². The molecule has 0 unspecified atom stereocenters. The summed E-state index contributed by atoms with van der Waals surface area (Å²) in [6.07, 6.45) is 3.27. The maximum Gasteiger partial charge on any atom is 0.387 e. The number of amides is 1. The molecule has 130 valence electrons. The van der Waals surface area contributed by atoms with Gasteiger partial charge in [0.25, 0.3) is 0 Å². The molecule has 23 heavy (non-hydrogen) atoms. The molecule has 0 radical (unpaired) electrons. The second kappa shape index (κ2) is 9.62. The summed E-state index contributed by atoms with van der Waals surface area (Å²) >= 11 is 0. The van der Waals surface area contributed by atoms with E-state index < -0.39 is 18.2 Å². The standard InChI is InChI=1S/C15H19F3N2O2.ClH/c16-12-9-11(2-3-13(12)22-15(17)18)20-14(21)4-1-10-5-7-19-8-6-10;/h2-3,9-10,15,19H,1,4-8H2,(H,20,21);1H. The van der Waals surface area contributed by atoms with E-state index in [-0.39, 0.29) is 24.0 Å². The van der Waals surface area contributed by atoms with Gasteiger partial charge in [0, 0.05) is 18.2 Å². The number of ether oxygens (including phenoxy) is 1. The zero-order valence-corrected chi connectivity index (χ0v) is 13.3. The Bertz CT molecular complexity index is 511. The molecule has 1 saturated heterocycles. The fourth-order valence-corrected chi connectivity index (χ4v) is 2.50. The molecule has 1 aromatic carbocycles. The molecule has 0 bridgehead atoms. The Morgan fingerprint density at radius 1 is 1.35 bits per heavy atom. The predicted octanol–water partition coefficient (Wildman–Crippen LogP) is 3.57. The van der Waals surface area contributed by atoms with Crippen molar-refractivity contribution in [3.8, 4) is 5.75 Å². The Hall–Kier alpha value is -1.47. The minimum absolute atomic E-state index is 0. The summed E-state index contributed by atoms with van der Waals surface area (Å²) in [5.41, 5.74) is 0.231. The molecule has 1 aliphatic heterocycles. The Morgan fingerprint density at radius 2 is 2.04 bits per heavy atom. The minimum atomic E-state index is -3.08. The molecular formula is C15H20ClF3N2O2. The molecule has 1 aliphatic rings. The number of carbonyl (C=O) groups excluding carboxylic acids is 1. The highest BCUT2D eigenvalue weighted by atomic mass is 35.5. The molecule has 0 aromatic heterocycles. The molecule has 0 saturated carbocycles. The third kappa shape index (κ3) is 6.66. The van der Waals surface area contributed by atoms with Crippen molar-refractivity contribution in [1.82, 2.24) is 5.32 Å². The highest BCUT2D eigenvalue weighted by Crippen LogP contribution is 2.23. The van der Waals surface area contributed by atoms with Crippen LogP contribution in [0.3, 0.4) is 0 Å². The quantitative estimate of drug-likeness (QED) is 0.823. The van der Waals surface area contributed by atoms with Crippen LogP contribution >= 0.6 is 12.4 Å². The molecule has 8 heteroatoms. The van der Waals surface area contributed by atoms with Crippen LogP contribution in [0.1, 0.15) is 25.7 Å². The fraction of sp³-hybridized carbons (Fsp3) is 0.533. The maximum atomic E-state index is 13.5. The van der Waals surface area contributed by atoms with Crippen LogP contribution in [0, 0.1) is 11.7 Å². The average Bonchev–Trinajstić information content (AvgIpc) is 2.49. The number of nitrogens with one attached hydrogen (secondary N) is 2. The van der Waals surface area contributed by atoms with Gasteiger partial charge in [0.15, 0.2) is 11.6 Å². The monoisotopic (exact) mass is 352 g/mol. The number of rotatable bonds is 6. The lowest BCUT2D eigenvalue weighted by molar-refractivity contribution is -0.116. The third-order valence-electron chi connectivity index (χ3n) is 3.67. The van der Waals surface area contributed by atoms with E-state index in [4.69, 9.17) is 0 Å². The molecule has 1 amide bonds. The number of carbonyl (C=O) groups is 1. The predicted molar refractivity (Wildman–Crippen MR) is 83.7 cm³/mol. The van der Waals surface area contributed by atoms with Gasteiger partial charge < -0.3 is 15.4 Å². The van der Waals surface area contributed by atoms with Crippen molar-refractivity contribution >= 4 is 24.0 Å². The molecular weight excluding hydrogens is 333 g/mol. The number of anilines is 1. The average molecular weight is 353 g/mol. The Labute approximate surface area is 139 Å². The lowest BCUT2D eigenvalue weighted by Crippen LogP contribution is -2.28. The van der Waals surface area contributed by atoms with Gasteiger partial charge in [-0.2, -0.15) is 8.78 Å². The summed E-state index contributed by atoms with van der Waals surface area (Å²) < 4.78 is 41.6. The van der Waals surface area contributed by atoms with Gasteiger partial charge in [-0.1, -0.05) is 0 Å². The third-order valence-corrected chi connectivity index (χ3v) is 3.67. The van der Waals surface area contributed by atoms with E-state index >= 15 is 0 Å². The van der Waals surface area contributed by atoms with Crippen LogP contribution in [-0.4, -0.2) is 25.6 Å². The van der Waals surface area contributed by atoms with Crippen LogP contribution in [0.4, 0.5) is 18.9 Å². The van der Waals surface area contributed by atoms with Crippen molar-refractivity contribution in [3.05, 3.63) is 24.0 Å². The van der Waals surface area contributed by atoms with Crippen LogP contribution in [0.5, 0.6) is 5.75 Å². The van der Waals surface area contributed by atoms with E-state index in [1.165, 1.54) is 6.07 Å². The number of hydrogen-bond acceptors (Lipinski definition) is 3. The van der Waals surface area contributed by atoms with Gasteiger partial charge in [-0.25, -0.2) is 4.39 Å². The van der Waals surface area contributed by atoms with Crippen molar-refractivity contribution in [2.45, 2.75) is 32.3 Å². The number of benzene rings is 1. The lowest BCUT2D eigenvalue weighted by atomic mass is 9.93. The van der Waals surface area contributed by atoms with Gasteiger partial charge in [-0.15, -0.1) is 12.4 Å². The minimum Gasteiger partial charge on any atom is -0.432 e. The lowest BCUT2D eigenvalue weighted by Gasteiger charge is -2.22. The molecule has 1 fully saturated rings. The number of hydrogen-bond donors (Lipinski definition) is 2. The van der Waals surface area contributed by atoms with E-state index in [0.29, 0.717) is 12.3 Å². The van der Waals surface area contributed by atoms with E-state index in [0.717, 1.165) is 44.5 Å². The van der Waals surface area contributed by atoms with Crippen molar-refractivity contribution < 1.29 is 22.7 Å². The summed E-state index contributed by atoms with van der Waals surface area (Å²) in [5.74, 6) is -1.15. The molecule has 1 aromatic rings. The second-order valence-corrected chi connectivity index (χ2v) is 5.30. The molecule has 0 spiro atoms. The molecule has 0 aliphatic carbocycles. The molecule has 4 nitrogen and oxygen atoms in total. The van der Waals surface area contributed by atoms with E-state index in [9.17, 15) is 18.0 Å². The summed E-state index contributed by atoms with van der Waals surface area (Å²) in [4.78, 5) is 11.8. The Balaban J connectivity index is 0.00000264. The number of halogens is 4. The van der Waals surface area contributed by atoms with Crippen molar-refractivity contribution in [2.75, 3.05) is 18.4 Å². The van der Waals surface area contributed by atoms with Crippen molar-refractivity contribution in [2.24, 2.45) is 5.92 Å². The molecule has 2 rings (SSSR count). The second-order valence-electron chi connectivity index (χ2n) is 5.30. The van der Waals surface area contributed by atoms with E-state index in [1.807, 2.05) is 0 Å². The smallest absolute Gasteiger partial charge is 0.387 e. The van der Waals surface area contributed by atoms with Crippen LogP contribution < -0.4 is 15.4 Å². The molecule has 0 atom stereocenters. The zero-order chi connectivity index (χ0) is 15.9. The largest absolute Gasteiger partial charge is 0.432 e. The normalized spacial score (nSPS) is 15.1. The number of piperidine rings is 1. The Morgan fingerprint density at radius 3 is 2.65 bits per heavy atom. The van der Waals surface area contributed by atoms with Gasteiger partial charge in [0.05, 0.1) is 0 Å². The summed E-state index contributed by atoms with van der Waals surface area (Å²) in [7, 11) is 0. The fourth-order valence-electron chi connectivity index (χ4n) is 2.50. The van der Waals surface area contributed by atoms with Gasteiger partial charge in [-0.3, -0.25) is 4.79 Å². The van der Waals surface area contributed by atoms with Gasteiger partial charge in [0.1, 0.15) is 0 Å². The first-order chi connectivity index (χ1) is 10.5. The highest BCUT2D eigenvalue weighted by molar-refractivity contribution is 5.90. The first kappa shape index (κ1) is 19.6. The topological polar surface area (TPSA) is 50.4 Å². The van der Waals surface area contributed by atoms with Crippen LogP contribution in [0.15, 0.2) is 18.2 Å². The van der Waals surface area contributed by atoms with E-state index in [2.05, 4.69) is 15.4 Å². The molecule has 1 heterocycles. The van der Waals surface area contributed by atoms with Gasteiger partial charge >= 0.3 is 6.61 Å². The first-order valence-electron chi connectivity index (χ1n) is 7.29. The summed E-state index contributed by atoms with van der Waals surface area (Å²) in [5, 5.41) is 5.82. The van der Waals surface area contributed by atoms with Crippen molar-refractivity contribution in [1.29, 1.82) is 0 Å². The number of alkyl halides is 2. The zero-order valence-electron chi connectivity index (χ0n) is 12.5. The van der Waals surface area contributed by atoms with Crippen LogP contribution in [0.25, 0.3) is 0 Å². The molecule has 2 N–H and O–H groups in total. The van der Waals surface area contributed by atoms with Crippen LogP contribution in [-0.2, 0) is 4.79 Å². The van der Waals surface area contributed by atoms with Crippen molar-refractivity contribution in [3.63, 3.8) is 0 Å². The first-order valence-corrected chi connectivity index (χ1v) is 7.29. The Kier molecular flexibility index (Phi) is 8.19. The van der Waals surface area contributed by atoms with E-state index in [1.54, 1.807) is 0 Å². The SMILES string of the molecule is Cl.O=C(CCC1CCNCC1)Nc1ccc(OC(F)F)c(F)c1. The maximum absolute atomic E-state index is 13.5. The van der Waals surface area contributed by atoms with Crippen LogP contribution in [0.2, 0.25) is 0 Å².